The zero-order valence-corrected chi connectivity index (χ0v) is 11.8. The molecule has 0 saturated carbocycles. The van der Waals surface area contributed by atoms with Gasteiger partial charge in [-0.25, -0.2) is 4.79 Å². The normalized spacial score (nSPS) is 17.9. The summed E-state index contributed by atoms with van der Waals surface area (Å²) < 4.78 is 0. The number of nitrogens with one attached hydrogen (secondary N) is 1. The van der Waals surface area contributed by atoms with E-state index in [1.165, 1.54) is 0 Å². The smallest absolute Gasteiger partial charge is 0.328 e. The number of carboxylic acids is 1. The van der Waals surface area contributed by atoms with Crippen LogP contribution in [0.3, 0.4) is 0 Å². The van der Waals surface area contributed by atoms with Crippen molar-refractivity contribution in [3.8, 4) is 0 Å². The molecule has 1 rings (SSSR count). The number of aliphatic hydroxyl groups is 1. The Kier molecular flexibility index (Phi) is 5.94. The number of amides is 2. The third-order valence-electron chi connectivity index (χ3n) is 3.47. The van der Waals surface area contributed by atoms with Crippen molar-refractivity contribution in [1.82, 2.24) is 10.2 Å². The monoisotopic (exact) mass is 286 g/mol. The molecule has 1 saturated heterocycles. The number of hydrogen-bond acceptors (Lipinski definition) is 4. The van der Waals surface area contributed by atoms with Crippen LogP contribution < -0.4 is 5.32 Å². The highest BCUT2D eigenvalue weighted by Gasteiger charge is 2.30. The molecule has 1 atom stereocenters. The van der Waals surface area contributed by atoms with Crippen LogP contribution in [0, 0.1) is 11.8 Å². The van der Waals surface area contributed by atoms with Gasteiger partial charge in [0.1, 0.15) is 6.04 Å². The summed E-state index contributed by atoms with van der Waals surface area (Å²) in [6, 6.07) is -1.27. The molecule has 114 valence electrons. The number of rotatable bonds is 5. The Hall–Kier alpha value is -1.63. The maximum absolute atomic E-state index is 11.9. The van der Waals surface area contributed by atoms with Crippen molar-refractivity contribution >= 4 is 17.8 Å². The van der Waals surface area contributed by atoms with Crippen LogP contribution in [0.5, 0.6) is 0 Å². The average Bonchev–Trinajstić information content (AvgIpc) is 2.43. The van der Waals surface area contributed by atoms with Gasteiger partial charge < -0.3 is 20.4 Å². The van der Waals surface area contributed by atoms with Gasteiger partial charge in [-0.05, 0) is 12.8 Å². The van der Waals surface area contributed by atoms with Gasteiger partial charge in [0.25, 0.3) is 0 Å². The van der Waals surface area contributed by atoms with E-state index < -0.39 is 18.6 Å². The molecule has 20 heavy (non-hydrogen) atoms. The van der Waals surface area contributed by atoms with Crippen LogP contribution in [-0.4, -0.2) is 58.6 Å². The van der Waals surface area contributed by atoms with Gasteiger partial charge >= 0.3 is 5.97 Å². The van der Waals surface area contributed by atoms with Crippen molar-refractivity contribution in [3.05, 3.63) is 0 Å². The molecule has 1 aliphatic heterocycles. The Morgan fingerprint density at radius 2 is 1.80 bits per heavy atom. The van der Waals surface area contributed by atoms with E-state index in [0.717, 1.165) is 0 Å². The molecule has 0 bridgehead atoms. The largest absolute Gasteiger partial charge is 0.480 e. The fourth-order valence-electron chi connectivity index (χ4n) is 2.20. The highest BCUT2D eigenvalue weighted by Crippen LogP contribution is 2.19. The van der Waals surface area contributed by atoms with E-state index in [1.54, 1.807) is 4.90 Å². The molecule has 0 radical (unpaired) electrons. The van der Waals surface area contributed by atoms with Crippen molar-refractivity contribution < 1.29 is 24.6 Å². The summed E-state index contributed by atoms with van der Waals surface area (Å²) >= 11 is 0. The molecule has 7 nitrogen and oxygen atoms in total. The highest BCUT2D eigenvalue weighted by atomic mass is 16.4. The number of likely N-dealkylation sites (tertiary alicyclic amines) is 1. The maximum atomic E-state index is 11.9. The lowest BCUT2D eigenvalue weighted by atomic mass is 9.95. The first kappa shape index (κ1) is 16.4. The maximum Gasteiger partial charge on any atom is 0.328 e. The summed E-state index contributed by atoms with van der Waals surface area (Å²) in [6.45, 7) is 4.04. The quantitative estimate of drug-likeness (QED) is 0.628. The van der Waals surface area contributed by atoms with Crippen LogP contribution in [0.15, 0.2) is 0 Å². The molecular formula is C13H22N2O5. The van der Waals surface area contributed by atoms with E-state index in [9.17, 15) is 14.4 Å². The second-order valence-electron chi connectivity index (χ2n) is 5.34. The second-order valence-corrected chi connectivity index (χ2v) is 5.34. The van der Waals surface area contributed by atoms with Gasteiger partial charge in [-0.15, -0.1) is 0 Å². The van der Waals surface area contributed by atoms with E-state index in [0.29, 0.717) is 25.9 Å². The molecule has 1 aliphatic rings. The summed E-state index contributed by atoms with van der Waals surface area (Å²) in [7, 11) is 0. The third-order valence-corrected chi connectivity index (χ3v) is 3.47. The average molecular weight is 286 g/mol. The van der Waals surface area contributed by atoms with Crippen molar-refractivity contribution in [3.63, 3.8) is 0 Å². The van der Waals surface area contributed by atoms with Gasteiger partial charge in [-0.3, -0.25) is 9.59 Å². The van der Waals surface area contributed by atoms with Gasteiger partial charge in [0.2, 0.25) is 11.8 Å². The molecule has 3 N–H and O–H groups in total. The Bertz CT molecular complexity index is 375. The predicted octanol–water partition coefficient (Wildman–Crippen LogP) is -0.557. The molecule has 1 heterocycles. The third kappa shape index (κ3) is 4.19. The standard InChI is InChI=1S/C13H22N2O5/c1-8(2)12(18)15-5-3-9(4-6-15)11(17)14-10(7-16)13(19)20/h8-10,16H,3-7H2,1-2H3,(H,14,17)(H,19,20)/t10-/m1/s1. The highest BCUT2D eigenvalue weighted by molar-refractivity contribution is 5.85. The van der Waals surface area contributed by atoms with Crippen LogP contribution in [0.4, 0.5) is 0 Å². The van der Waals surface area contributed by atoms with Gasteiger partial charge in [-0.1, -0.05) is 13.8 Å². The number of hydrogen-bond donors (Lipinski definition) is 3. The number of aliphatic carboxylic acids is 1. The molecule has 0 aromatic carbocycles. The minimum atomic E-state index is -1.27. The van der Waals surface area contributed by atoms with Gasteiger partial charge in [0.15, 0.2) is 0 Å². The first-order chi connectivity index (χ1) is 9.36. The summed E-state index contributed by atoms with van der Waals surface area (Å²) in [6.07, 6.45) is 1.03. The number of piperidine rings is 1. The Labute approximate surface area is 117 Å². The van der Waals surface area contributed by atoms with Crippen LogP contribution in [0.25, 0.3) is 0 Å². The molecular weight excluding hydrogens is 264 g/mol. The summed E-state index contributed by atoms with van der Waals surface area (Å²) in [5, 5.41) is 20.0. The lowest BCUT2D eigenvalue weighted by molar-refractivity contribution is -0.144. The second kappa shape index (κ2) is 7.23. The molecule has 2 amide bonds. The Morgan fingerprint density at radius 3 is 2.20 bits per heavy atom. The molecule has 1 fully saturated rings. The van der Waals surface area contributed by atoms with Gasteiger partial charge in [0, 0.05) is 24.9 Å². The minimum Gasteiger partial charge on any atom is -0.480 e. The van der Waals surface area contributed by atoms with Crippen LogP contribution in [0.2, 0.25) is 0 Å². The van der Waals surface area contributed by atoms with E-state index in [4.69, 9.17) is 10.2 Å². The predicted molar refractivity (Wildman–Crippen MR) is 70.8 cm³/mol. The number of carboxylic acid groups (broad SMARTS) is 1. The first-order valence-electron chi connectivity index (χ1n) is 6.79. The molecule has 7 heteroatoms. The number of nitrogens with zero attached hydrogens (tertiary/aromatic N) is 1. The number of carbonyl (C=O) groups excluding carboxylic acids is 2. The fraction of sp³-hybridized carbons (Fsp3) is 0.769. The SMILES string of the molecule is CC(C)C(=O)N1CCC(C(=O)N[C@H](CO)C(=O)O)CC1. The lowest BCUT2D eigenvalue weighted by Gasteiger charge is -2.32. The fourth-order valence-corrected chi connectivity index (χ4v) is 2.20. The van der Waals surface area contributed by atoms with Crippen LogP contribution in [0.1, 0.15) is 26.7 Å². The minimum absolute atomic E-state index is 0.0637. The zero-order valence-electron chi connectivity index (χ0n) is 11.8. The molecule has 0 aromatic heterocycles. The molecule has 0 aliphatic carbocycles. The Balaban J connectivity index is 2.47. The molecule has 0 unspecified atom stereocenters. The molecule has 0 spiro atoms. The summed E-state index contributed by atoms with van der Waals surface area (Å²) in [5.41, 5.74) is 0. The first-order valence-corrected chi connectivity index (χ1v) is 6.79. The van der Waals surface area contributed by atoms with Crippen molar-refractivity contribution in [1.29, 1.82) is 0 Å². The van der Waals surface area contributed by atoms with Crippen LogP contribution >= 0.6 is 0 Å². The van der Waals surface area contributed by atoms with Crippen molar-refractivity contribution in [2.75, 3.05) is 19.7 Å². The van der Waals surface area contributed by atoms with Gasteiger partial charge in [-0.2, -0.15) is 0 Å². The Morgan fingerprint density at radius 1 is 1.25 bits per heavy atom. The van der Waals surface area contributed by atoms with Crippen molar-refractivity contribution in [2.24, 2.45) is 11.8 Å². The van der Waals surface area contributed by atoms with Crippen molar-refractivity contribution in [2.45, 2.75) is 32.7 Å². The molecule has 0 aromatic rings. The lowest BCUT2D eigenvalue weighted by Crippen LogP contribution is -2.49. The topological polar surface area (TPSA) is 107 Å². The number of aliphatic hydroxyl groups excluding tert-OH is 1. The van der Waals surface area contributed by atoms with E-state index in [2.05, 4.69) is 5.32 Å². The van der Waals surface area contributed by atoms with Gasteiger partial charge in [0.05, 0.1) is 6.61 Å². The van der Waals surface area contributed by atoms with E-state index >= 15 is 0 Å². The van der Waals surface area contributed by atoms with E-state index in [1.807, 2.05) is 13.8 Å². The van der Waals surface area contributed by atoms with Crippen LogP contribution in [-0.2, 0) is 14.4 Å². The summed E-state index contributed by atoms with van der Waals surface area (Å²) in [5.74, 6) is -1.93. The summed E-state index contributed by atoms with van der Waals surface area (Å²) in [4.78, 5) is 36.2. The number of carbonyl (C=O) groups is 3. The zero-order chi connectivity index (χ0) is 15.3. The van der Waals surface area contributed by atoms with E-state index in [-0.39, 0.29) is 23.7 Å².